The molecular formula is C19H23N7O. The van der Waals surface area contributed by atoms with E-state index in [1.54, 1.807) is 4.68 Å². The van der Waals surface area contributed by atoms with Crippen molar-refractivity contribution in [2.75, 3.05) is 13.1 Å². The van der Waals surface area contributed by atoms with Crippen LogP contribution in [0.1, 0.15) is 23.5 Å². The second-order valence-corrected chi connectivity index (χ2v) is 6.84. The molecule has 0 N–H and O–H groups in total. The molecule has 3 aromatic rings. The molecule has 0 saturated carbocycles. The Morgan fingerprint density at radius 2 is 1.93 bits per heavy atom. The van der Waals surface area contributed by atoms with Gasteiger partial charge in [0.25, 0.3) is 0 Å². The second kappa shape index (κ2) is 7.30. The molecule has 27 heavy (non-hydrogen) atoms. The number of nitrogens with zero attached hydrogens (tertiary/aromatic N) is 7. The first kappa shape index (κ1) is 17.4. The van der Waals surface area contributed by atoms with Crippen molar-refractivity contribution in [3.8, 4) is 11.3 Å². The minimum absolute atomic E-state index is 0.140. The van der Waals surface area contributed by atoms with Crippen molar-refractivity contribution in [3.05, 3.63) is 47.4 Å². The fourth-order valence-corrected chi connectivity index (χ4v) is 3.71. The molecule has 0 fully saturated rings. The Morgan fingerprint density at radius 3 is 2.67 bits per heavy atom. The Balaban J connectivity index is 1.46. The predicted molar refractivity (Wildman–Crippen MR) is 99.8 cm³/mol. The van der Waals surface area contributed by atoms with Gasteiger partial charge in [-0.1, -0.05) is 30.3 Å². The molecule has 140 valence electrons. The van der Waals surface area contributed by atoms with Gasteiger partial charge >= 0.3 is 0 Å². The maximum Gasteiger partial charge on any atom is 0.224 e. The highest BCUT2D eigenvalue weighted by Gasteiger charge is 2.24. The molecule has 8 heteroatoms. The molecule has 0 unspecified atom stereocenters. The van der Waals surface area contributed by atoms with Crippen LogP contribution in [-0.2, 0) is 31.2 Å². The average molecular weight is 365 g/mol. The van der Waals surface area contributed by atoms with E-state index in [-0.39, 0.29) is 5.91 Å². The van der Waals surface area contributed by atoms with Gasteiger partial charge in [0, 0.05) is 44.1 Å². The molecule has 0 atom stereocenters. The van der Waals surface area contributed by atoms with Crippen LogP contribution in [0.25, 0.3) is 11.3 Å². The number of fused-ring (bicyclic) bond motifs is 1. The molecule has 0 bridgehead atoms. The molecule has 1 aliphatic rings. The summed E-state index contributed by atoms with van der Waals surface area (Å²) in [4.78, 5) is 14.6. The summed E-state index contributed by atoms with van der Waals surface area (Å²) in [6, 6.07) is 10.3. The molecule has 1 aliphatic heterocycles. The van der Waals surface area contributed by atoms with Crippen molar-refractivity contribution >= 4 is 5.91 Å². The number of amides is 1. The highest BCUT2D eigenvalue weighted by molar-refractivity contribution is 5.76. The largest absolute Gasteiger partial charge is 0.342 e. The number of aryl methyl sites for hydroxylation is 3. The van der Waals surface area contributed by atoms with Crippen molar-refractivity contribution in [1.29, 1.82) is 0 Å². The summed E-state index contributed by atoms with van der Waals surface area (Å²) in [5.74, 6) is 0.865. The van der Waals surface area contributed by atoms with Crippen LogP contribution in [0.3, 0.4) is 0 Å². The van der Waals surface area contributed by atoms with Crippen LogP contribution < -0.4 is 0 Å². The summed E-state index contributed by atoms with van der Waals surface area (Å²) in [6.45, 7) is 3.76. The zero-order valence-corrected chi connectivity index (χ0v) is 15.7. The summed E-state index contributed by atoms with van der Waals surface area (Å²) < 4.78 is 3.64. The molecule has 0 radical (unpaired) electrons. The topological polar surface area (TPSA) is 81.7 Å². The number of hydrogen-bond acceptors (Lipinski definition) is 5. The van der Waals surface area contributed by atoms with Crippen molar-refractivity contribution < 1.29 is 4.79 Å². The normalized spacial score (nSPS) is 14.1. The maximum atomic E-state index is 12.7. The summed E-state index contributed by atoms with van der Waals surface area (Å²) in [7, 11) is 1.99. The van der Waals surface area contributed by atoms with Crippen LogP contribution in [0.2, 0.25) is 0 Å². The van der Waals surface area contributed by atoms with Crippen LogP contribution in [0.5, 0.6) is 0 Å². The second-order valence-electron chi connectivity index (χ2n) is 6.84. The molecule has 1 aromatic carbocycles. The summed E-state index contributed by atoms with van der Waals surface area (Å²) >= 11 is 0. The minimum Gasteiger partial charge on any atom is -0.342 e. The van der Waals surface area contributed by atoms with E-state index in [2.05, 4.69) is 27.7 Å². The van der Waals surface area contributed by atoms with Gasteiger partial charge in [0.2, 0.25) is 5.91 Å². The monoisotopic (exact) mass is 365 g/mol. The van der Waals surface area contributed by atoms with E-state index in [0.717, 1.165) is 30.1 Å². The fourth-order valence-electron chi connectivity index (χ4n) is 3.71. The van der Waals surface area contributed by atoms with Gasteiger partial charge < -0.3 is 4.90 Å². The van der Waals surface area contributed by atoms with Gasteiger partial charge in [0.05, 0.1) is 17.9 Å². The number of carbonyl (C=O) groups excluding carboxylic acids is 1. The number of carbonyl (C=O) groups is 1. The van der Waals surface area contributed by atoms with Crippen LogP contribution in [0, 0.1) is 6.92 Å². The first-order valence-electron chi connectivity index (χ1n) is 9.24. The van der Waals surface area contributed by atoms with Crippen LogP contribution in [-0.4, -0.2) is 53.9 Å². The van der Waals surface area contributed by atoms with Gasteiger partial charge in [0.15, 0.2) is 0 Å². The third kappa shape index (κ3) is 3.47. The molecule has 4 rings (SSSR count). The highest BCUT2D eigenvalue weighted by atomic mass is 16.2. The van der Waals surface area contributed by atoms with E-state index in [4.69, 9.17) is 5.10 Å². The van der Waals surface area contributed by atoms with Gasteiger partial charge in [0.1, 0.15) is 5.82 Å². The quantitative estimate of drug-likeness (QED) is 0.698. The number of benzene rings is 1. The van der Waals surface area contributed by atoms with Gasteiger partial charge in [-0.2, -0.15) is 5.10 Å². The molecule has 3 heterocycles. The standard InChI is InChI=1S/C19H23N7O/c1-14-20-22-23-26(14)13-10-18(27)25-11-8-16-17(9-12-25)21-24(2)19(16)15-6-4-3-5-7-15/h3-7H,8-13H2,1-2H3. The third-order valence-electron chi connectivity index (χ3n) is 5.13. The Kier molecular flexibility index (Phi) is 4.70. The van der Waals surface area contributed by atoms with Gasteiger partial charge in [-0.15, -0.1) is 5.10 Å². The molecular weight excluding hydrogens is 342 g/mol. The van der Waals surface area contributed by atoms with Gasteiger partial charge in [-0.3, -0.25) is 9.48 Å². The van der Waals surface area contributed by atoms with Crippen molar-refractivity contribution in [2.45, 2.75) is 32.7 Å². The minimum atomic E-state index is 0.140. The van der Waals surface area contributed by atoms with E-state index in [0.29, 0.717) is 26.1 Å². The van der Waals surface area contributed by atoms with E-state index in [1.165, 1.54) is 11.1 Å². The lowest BCUT2D eigenvalue weighted by atomic mass is 10.0. The Hall–Kier alpha value is -3.03. The smallest absolute Gasteiger partial charge is 0.224 e. The first-order valence-corrected chi connectivity index (χ1v) is 9.24. The highest BCUT2D eigenvalue weighted by Crippen LogP contribution is 2.28. The van der Waals surface area contributed by atoms with E-state index in [1.807, 2.05) is 41.8 Å². The molecule has 0 spiro atoms. The van der Waals surface area contributed by atoms with Crippen molar-refractivity contribution in [1.82, 2.24) is 34.9 Å². The third-order valence-corrected chi connectivity index (χ3v) is 5.13. The summed E-state index contributed by atoms with van der Waals surface area (Å²) in [5.41, 5.74) is 4.69. The lowest BCUT2D eigenvalue weighted by molar-refractivity contribution is -0.131. The van der Waals surface area contributed by atoms with Crippen LogP contribution in [0.4, 0.5) is 0 Å². The zero-order valence-electron chi connectivity index (χ0n) is 15.7. The van der Waals surface area contributed by atoms with E-state index in [9.17, 15) is 4.79 Å². The van der Waals surface area contributed by atoms with Crippen molar-refractivity contribution in [2.24, 2.45) is 7.05 Å². The van der Waals surface area contributed by atoms with E-state index < -0.39 is 0 Å². The van der Waals surface area contributed by atoms with Crippen LogP contribution >= 0.6 is 0 Å². The number of rotatable bonds is 4. The maximum absolute atomic E-state index is 12.7. The Bertz CT molecular complexity index is 944. The number of hydrogen-bond donors (Lipinski definition) is 0. The molecule has 0 aliphatic carbocycles. The zero-order chi connectivity index (χ0) is 18.8. The average Bonchev–Trinajstić information content (AvgIpc) is 3.16. The Labute approximate surface area is 157 Å². The summed E-state index contributed by atoms with van der Waals surface area (Å²) in [6.07, 6.45) is 2.01. The number of aromatic nitrogens is 6. The molecule has 1 amide bonds. The van der Waals surface area contributed by atoms with Gasteiger partial charge in [-0.05, 0) is 23.8 Å². The molecule has 2 aromatic heterocycles. The van der Waals surface area contributed by atoms with Gasteiger partial charge in [-0.25, -0.2) is 4.68 Å². The molecule has 8 nitrogen and oxygen atoms in total. The lowest BCUT2D eigenvalue weighted by Gasteiger charge is -2.20. The SMILES string of the molecule is Cc1nnnn1CCC(=O)N1CCc2nn(C)c(-c3ccccc3)c2CC1. The van der Waals surface area contributed by atoms with Crippen molar-refractivity contribution in [3.63, 3.8) is 0 Å². The molecule has 0 saturated heterocycles. The van der Waals surface area contributed by atoms with E-state index >= 15 is 0 Å². The Morgan fingerprint density at radius 1 is 1.15 bits per heavy atom. The predicted octanol–water partition coefficient (Wildman–Crippen LogP) is 1.40. The van der Waals surface area contributed by atoms with Crippen LogP contribution in [0.15, 0.2) is 30.3 Å². The lowest BCUT2D eigenvalue weighted by Crippen LogP contribution is -2.34. The number of tetrazole rings is 1. The fraction of sp³-hybridized carbons (Fsp3) is 0.421. The first-order chi connectivity index (χ1) is 13.1. The summed E-state index contributed by atoms with van der Waals surface area (Å²) in [5, 5.41) is 16.1.